The van der Waals surface area contributed by atoms with E-state index in [1.165, 1.54) is 10.9 Å². The SMILES string of the molecule is Cc1ccc2nc(-c3ncccc3C)ccc2c1. The van der Waals surface area contributed by atoms with Crippen LogP contribution in [0.25, 0.3) is 22.3 Å². The van der Waals surface area contributed by atoms with Crippen molar-refractivity contribution in [3.8, 4) is 11.4 Å². The first-order valence-corrected chi connectivity index (χ1v) is 6.03. The minimum Gasteiger partial charge on any atom is -0.254 e. The summed E-state index contributed by atoms with van der Waals surface area (Å²) >= 11 is 0. The molecule has 0 spiro atoms. The zero-order chi connectivity index (χ0) is 12.5. The number of nitrogens with zero attached hydrogens (tertiary/aromatic N) is 2. The van der Waals surface area contributed by atoms with Gasteiger partial charge in [-0.25, -0.2) is 4.98 Å². The van der Waals surface area contributed by atoms with E-state index in [4.69, 9.17) is 0 Å². The van der Waals surface area contributed by atoms with Gasteiger partial charge in [-0.2, -0.15) is 0 Å². The highest BCUT2D eigenvalue weighted by atomic mass is 14.8. The third-order valence-electron chi connectivity index (χ3n) is 3.10. The molecule has 0 saturated heterocycles. The molecule has 0 saturated carbocycles. The van der Waals surface area contributed by atoms with Crippen molar-refractivity contribution in [2.75, 3.05) is 0 Å². The highest BCUT2D eigenvalue weighted by molar-refractivity contribution is 5.82. The van der Waals surface area contributed by atoms with E-state index in [1.807, 2.05) is 18.3 Å². The molecule has 0 atom stereocenters. The van der Waals surface area contributed by atoms with Crippen LogP contribution in [0.3, 0.4) is 0 Å². The molecule has 88 valence electrons. The maximum Gasteiger partial charge on any atom is 0.0915 e. The van der Waals surface area contributed by atoms with Crippen molar-refractivity contribution in [1.82, 2.24) is 9.97 Å². The molecule has 0 aliphatic heterocycles. The number of fused-ring (bicyclic) bond motifs is 1. The molecule has 2 nitrogen and oxygen atoms in total. The Morgan fingerprint density at radius 3 is 2.67 bits per heavy atom. The van der Waals surface area contributed by atoms with E-state index in [1.54, 1.807) is 0 Å². The molecule has 0 aliphatic rings. The van der Waals surface area contributed by atoms with Gasteiger partial charge in [-0.05, 0) is 43.7 Å². The summed E-state index contributed by atoms with van der Waals surface area (Å²) in [5, 5.41) is 1.17. The molecule has 0 fully saturated rings. The Morgan fingerprint density at radius 1 is 0.944 bits per heavy atom. The number of aromatic nitrogens is 2. The third-order valence-corrected chi connectivity index (χ3v) is 3.10. The molecule has 0 amide bonds. The number of aryl methyl sites for hydroxylation is 2. The van der Waals surface area contributed by atoms with Crippen LogP contribution in [-0.2, 0) is 0 Å². The fraction of sp³-hybridized carbons (Fsp3) is 0.125. The number of hydrogen-bond acceptors (Lipinski definition) is 2. The van der Waals surface area contributed by atoms with Gasteiger partial charge in [0.2, 0.25) is 0 Å². The van der Waals surface area contributed by atoms with Gasteiger partial charge in [-0.3, -0.25) is 4.98 Å². The molecule has 2 heterocycles. The Hall–Kier alpha value is -2.22. The van der Waals surface area contributed by atoms with E-state index in [-0.39, 0.29) is 0 Å². The summed E-state index contributed by atoms with van der Waals surface area (Å²) in [6.45, 7) is 4.15. The highest BCUT2D eigenvalue weighted by Crippen LogP contribution is 2.22. The molecule has 3 rings (SSSR count). The molecular formula is C16H14N2. The normalized spacial score (nSPS) is 10.8. The number of hydrogen-bond donors (Lipinski definition) is 0. The molecule has 0 bridgehead atoms. The molecule has 18 heavy (non-hydrogen) atoms. The predicted molar refractivity (Wildman–Crippen MR) is 74.4 cm³/mol. The molecule has 0 aliphatic carbocycles. The molecule has 2 aromatic heterocycles. The van der Waals surface area contributed by atoms with Gasteiger partial charge in [0, 0.05) is 11.6 Å². The minimum atomic E-state index is 0.935. The van der Waals surface area contributed by atoms with Crippen molar-refractivity contribution in [3.05, 3.63) is 59.8 Å². The second-order valence-electron chi connectivity index (χ2n) is 4.56. The first kappa shape index (κ1) is 10.9. The summed E-state index contributed by atoms with van der Waals surface area (Å²) in [7, 11) is 0. The Labute approximate surface area is 106 Å². The van der Waals surface area contributed by atoms with Gasteiger partial charge in [0.05, 0.1) is 16.9 Å². The summed E-state index contributed by atoms with van der Waals surface area (Å²) in [5.41, 5.74) is 5.31. The first-order chi connectivity index (χ1) is 8.74. The van der Waals surface area contributed by atoms with Crippen molar-refractivity contribution < 1.29 is 0 Å². The average molecular weight is 234 g/mol. The molecule has 0 N–H and O–H groups in total. The molecule has 2 heteroatoms. The summed E-state index contributed by atoms with van der Waals surface area (Å²) in [4.78, 5) is 9.10. The Balaban J connectivity index is 2.20. The van der Waals surface area contributed by atoms with Crippen LogP contribution in [0.2, 0.25) is 0 Å². The van der Waals surface area contributed by atoms with Crippen LogP contribution in [0.5, 0.6) is 0 Å². The van der Waals surface area contributed by atoms with E-state index in [9.17, 15) is 0 Å². The second-order valence-corrected chi connectivity index (χ2v) is 4.56. The number of pyridine rings is 2. The van der Waals surface area contributed by atoms with Crippen LogP contribution in [0.4, 0.5) is 0 Å². The minimum absolute atomic E-state index is 0.935. The van der Waals surface area contributed by atoms with Crippen molar-refractivity contribution in [3.63, 3.8) is 0 Å². The lowest BCUT2D eigenvalue weighted by atomic mass is 10.1. The second kappa shape index (κ2) is 4.22. The van der Waals surface area contributed by atoms with E-state index < -0.39 is 0 Å². The summed E-state index contributed by atoms with van der Waals surface area (Å²) in [6, 6.07) is 14.5. The average Bonchev–Trinajstić information content (AvgIpc) is 2.39. The Morgan fingerprint density at radius 2 is 1.83 bits per heavy atom. The standard InChI is InChI=1S/C16H14N2/c1-11-5-7-14-13(10-11)6-8-15(18-14)16-12(2)4-3-9-17-16/h3-10H,1-2H3. The van der Waals surface area contributed by atoms with E-state index in [0.29, 0.717) is 0 Å². The van der Waals surface area contributed by atoms with Crippen LogP contribution in [-0.4, -0.2) is 9.97 Å². The van der Waals surface area contributed by atoms with Gasteiger partial charge in [-0.1, -0.05) is 23.8 Å². The number of benzene rings is 1. The third kappa shape index (κ3) is 1.86. The predicted octanol–water partition coefficient (Wildman–Crippen LogP) is 3.91. The van der Waals surface area contributed by atoms with Gasteiger partial charge in [-0.15, -0.1) is 0 Å². The summed E-state index contributed by atoms with van der Waals surface area (Å²) in [5.74, 6) is 0. The van der Waals surface area contributed by atoms with Crippen molar-refractivity contribution in [1.29, 1.82) is 0 Å². The maximum absolute atomic E-state index is 4.68. The summed E-state index contributed by atoms with van der Waals surface area (Å²) < 4.78 is 0. The number of rotatable bonds is 1. The largest absolute Gasteiger partial charge is 0.254 e. The zero-order valence-corrected chi connectivity index (χ0v) is 10.5. The van der Waals surface area contributed by atoms with E-state index in [0.717, 1.165) is 22.5 Å². The maximum atomic E-state index is 4.68. The van der Waals surface area contributed by atoms with Crippen LogP contribution < -0.4 is 0 Å². The monoisotopic (exact) mass is 234 g/mol. The van der Waals surface area contributed by atoms with Gasteiger partial charge in [0.25, 0.3) is 0 Å². The molecule has 1 aromatic carbocycles. The molecule has 3 aromatic rings. The molecule has 0 unspecified atom stereocenters. The van der Waals surface area contributed by atoms with Gasteiger partial charge < -0.3 is 0 Å². The van der Waals surface area contributed by atoms with Crippen LogP contribution in [0.15, 0.2) is 48.7 Å². The molecule has 0 radical (unpaired) electrons. The molecular weight excluding hydrogens is 220 g/mol. The van der Waals surface area contributed by atoms with Gasteiger partial charge in [0.15, 0.2) is 0 Å². The van der Waals surface area contributed by atoms with Crippen LogP contribution in [0, 0.1) is 13.8 Å². The Kier molecular flexibility index (Phi) is 2.56. The quantitative estimate of drug-likeness (QED) is 0.638. The van der Waals surface area contributed by atoms with Crippen molar-refractivity contribution in [2.24, 2.45) is 0 Å². The highest BCUT2D eigenvalue weighted by Gasteiger charge is 2.05. The Bertz CT molecular complexity index is 717. The topological polar surface area (TPSA) is 25.8 Å². The lowest BCUT2D eigenvalue weighted by molar-refractivity contribution is 1.23. The van der Waals surface area contributed by atoms with Crippen molar-refractivity contribution >= 4 is 10.9 Å². The summed E-state index contributed by atoms with van der Waals surface area (Å²) in [6.07, 6.45) is 1.81. The van der Waals surface area contributed by atoms with E-state index in [2.05, 4.69) is 54.1 Å². The van der Waals surface area contributed by atoms with Crippen LogP contribution >= 0.6 is 0 Å². The first-order valence-electron chi connectivity index (χ1n) is 6.03. The van der Waals surface area contributed by atoms with Gasteiger partial charge >= 0.3 is 0 Å². The fourth-order valence-electron chi connectivity index (χ4n) is 2.13. The lowest BCUT2D eigenvalue weighted by Crippen LogP contribution is -1.91. The van der Waals surface area contributed by atoms with Crippen molar-refractivity contribution in [2.45, 2.75) is 13.8 Å². The fourth-order valence-corrected chi connectivity index (χ4v) is 2.13. The lowest BCUT2D eigenvalue weighted by Gasteiger charge is -2.05. The smallest absolute Gasteiger partial charge is 0.0915 e. The van der Waals surface area contributed by atoms with Gasteiger partial charge in [0.1, 0.15) is 0 Å². The zero-order valence-electron chi connectivity index (χ0n) is 10.5. The van der Waals surface area contributed by atoms with Crippen LogP contribution in [0.1, 0.15) is 11.1 Å². The van der Waals surface area contributed by atoms with E-state index >= 15 is 0 Å².